The highest BCUT2D eigenvalue weighted by Crippen LogP contribution is 2.49. The summed E-state index contributed by atoms with van der Waals surface area (Å²) in [4.78, 5) is 11.5. The molecule has 0 heterocycles. The number of carboxylic acids is 1. The molecule has 0 bridgehead atoms. The molecule has 2 aliphatic rings. The molecule has 2 rings (SSSR count). The van der Waals surface area contributed by atoms with E-state index in [2.05, 4.69) is 0 Å². The normalized spacial score (nSPS) is 27.5. The van der Waals surface area contributed by atoms with Crippen LogP contribution in [0.4, 0.5) is 0 Å². The van der Waals surface area contributed by atoms with Gasteiger partial charge in [0, 0.05) is 0 Å². The molecule has 0 unspecified atom stereocenters. The van der Waals surface area contributed by atoms with Crippen molar-refractivity contribution in [2.24, 2.45) is 11.3 Å². The van der Waals surface area contributed by atoms with Crippen LogP contribution in [0.15, 0.2) is 0 Å². The minimum absolute atomic E-state index is 0.329. The summed E-state index contributed by atoms with van der Waals surface area (Å²) in [6, 6.07) is 0. The standard InChI is InChI=1S/C13H22O2/c14-12(15)13(9-5-6-10-13)11-7-3-1-2-4-8-11/h11H,1-10H2,(H,14,15). The molecule has 0 aromatic heterocycles. The first-order valence-corrected chi connectivity index (χ1v) is 6.49. The Morgan fingerprint density at radius 2 is 1.47 bits per heavy atom. The lowest BCUT2D eigenvalue weighted by Gasteiger charge is -2.33. The van der Waals surface area contributed by atoms with Crippen molar-refractivity contribution in [3.05, 3.63) is 0 Å². The highest BCUT2D eigenvalue weighted by molar-refractivity contribution is 5.75. The predicted octanol–water partition coefficient (Wildman–Crippen LogP) is 3.60. The fourth-order valence-electron chi connectivity index (χ4n) is 3.63. The van der Waals surface area contributed by atoms with Crippen molar-refractivity contribution >= 4 is 5.97 Å². The monoisotopic (exact) mass is 210 g/mol. The van der Waals surface area contributed by atoms with Crippen molar-refractivity contribution < 1.29 is 9.90 Å². The zero-order valence-electron chi connectivity index (χ0n) is 9.50. The van der Waals surface area contributed by atoms with Crippen LogP contribution < -0.4 is 0 Å². The van der Waals surface area contributed by atoms with E-state index in [9.17, 15) is 9.90 Å². The topological polar surface area (TPSA) is 37.3 Å². The zero-order valence-corrected chi connectivity index (χ0v) is 9.50. The molecular formula is C13H22O2. The van der Waals surface area contributed by atoms with Gasteiger partial charge in [0.1, 0.15) is 0 Å². The van der Waals surface area contributed by atoms with E-state index in [4.69, 9.17) is 0 Å². The van der Waals surface area contributed by atoms with E-state index in [1.165, 1.54) is 25.7 Å². The molecule has 0 spiro atoms. The summed E-state index contributed by atoms with van der Waals surface area (Å²) in [6.07, 6.45) is 11.6. The number of hydrogen-bond acceptors (Lipinski definition) is 1. The first-order chi connectivity index (χ1) is 7.26. The van der Waals surface area contributed by atoms with Gasteiger partial charge in [-0.3, -0.25) is 4.79 Å². The largest absolute Gasteiger partial charge is 0.481 e. The van der Waals surface area contributed by atoms with E-state index >= 15 is 0 Å². The third kappa shape index (κ3) is 2.04. The maximum atomic E-state index is 11.5. The molecule has 0 saturated heterocycles. The molecule has 0 atom stereocenters. The van der Waals surface area contributed by atoms with E-state index in [1.54, 1.807) is 0 Å². The predicted molar refractivity (Wildman–Crippen MR) is 59.7 cm³/mol. The summed E-state index contributed by atoms with van der Waals surface area (Å²) in [5.74, 6) is -0.0353. The minimum Gasteiger partial charge on any atom is -0.481 e. The lowest BCUT2D eigenvalue weighted by Crippen LogP contribution is -2.36. The van der Waals surface area contributed by atoms with Gasteiger partial charge in [-0.25, -0.2) is 0 Å². The third-order valence-electron chi connectivity index (χ3n) is 4.56. The highest BCUT2D eigenvalue weighted by Gasteiger charge is 2.47. The van der Waals surface area contributed by atoms with Gasteiger partial charge in [0.15, 0.2) is 0 Å². The van der Waals surface area contributed by atoms with Crippen molar-refractivity contribution in [3.8, 4) is 0 Å². The second-order valence-corrected chi connectivity index (χ2v) is 5.36. The average Bonchev–Trinajstić information content (AvgIpc) is 2.56. The molecule has 2 aliphatic carbocycles. The number of aliphatic carboxylic acids is 1. The van der Waals surface area contributed by atoms with Crippen LogP contribution in [0.5, 0.6) is 0 Å². The Kier molecular flexibility index (Phi) is 3.32. The van der Waals surface area contributed by atoms with E-state index < -0.39 is 5.97 Å². The molecule has 0 radical (unpaired) electrons. The van der Waals surface area contributed by atoms with Gasteiger partial charge >= 0.3 is 5.97 Å². The Balaban J connectivity index is 2.12. The first kappa shape index (κ1) is 11.0. The van der Waals surface area contributed by atoms with Gasteiger partial charge in [-0.1, -0.05) is 38.5 Å². The Hall–Kier alpha value is -0.530. The quantitative estimate of drug-likeness (QED) is 0.707. The van der Waals surface area contributed by atoms with Gasteiger partial charge in [0.2, 0.25) is 0 Å². The highest BCUT2D eigenvalue weighted by atomic mass is 16.4. The van der Waals surface area contributed by atoms with Crippen LogP contribution in [0.2, 0.25) is 0 Å². The summed E-state index contributed by atoms with van der Waals surface area (Å²) >= 11 is 0. The van der Waals surface area contributed by atoms with Gasteiger partial charge < -0.3 is 5.11 Å². The number of carbonyl (C=O) groups is 1. The van der Waals surface area contributed by atoms with E-state index in [1.807, 2.05) is 0 Å². The van der Waals surface area contributed by atoms with Crippen LogP contribution in [-0.4, -0.2) is 11.1 Å². The summed E-state index contributed by atoms with van der Waals surface area (Å²) in [6.45, 7) is 0. The first-order valence-electron chi connectivity index (χ1n) is 6.49. The SMILES string of the molecule is O=C(O)C1(C2CCCCCC2)CCCC1. The Bertz CT molecular complexity index is 221. The molecule has 2 nitrogen and oxygen atoms in total. The van der Waals surface area contributed by atoms with Crippen LogP contribution in [-0.2, 0) is 4.79 Å². The van der Waals surface area contributed by atoms with Gasteiger partial charge in [0.25, 0.3) is 0 Å². The fraction of sp³-hybridized carbons (Fsp3) is 0.923. The van der Waals surface area contributed by atoms with Crippen LogP contribution >= 0.6 is 0 Å². The molecule has 0 aliphatic heterocycles. The Morgan fingerprint density at radius 1 is 0.933 bits per heavy atom. The van der Waals surface area contributed by atoms with Crippen molar-refractivity contribution in [2.45, 2.75) is 64.2 Å². The molecule has 15 heavy (non-hydrogen) atoms. The fourth-order valence-corrected chi connectivity index (χ4v) is 3.63. The van der Waals surface area contributed by atoms with Crippen molar-refractivity contribution in [3.63, 3.8) is 0 Å². The van der Waals surface area contributed by atoms with Crippen LogP contribution in [0.25, 0.3) is 0 Å². The van der Waals surface area contributed by atoms with E-state index in [0.717, 1.165) is 38.5 Å². The molecule has 1 N–H and O–H groups in total. The Labute approximate surface area is 92.1 Å². The third-order valence-corrected chi connectivity index (χ3v) is 4.56. The van der Waals surface area contributed by atoms with Gasteiger partial charge in [-0.2, -0.15) is 0 Å². The maximum absolute atomic E-state index is 11.5. The summed E-state index contributed by atoms with van der Waals surface area (Å²) < 4.78 is 0. The molecule has 86 valence electrons. The van der Waals surface area contributed by atoms with Crippen LogP contribution in [0.3, 0.4) is 0 Å². The van der Waals surface area contributed by atoms with Crippen molar-refractivity contribution in [1.29, 1.82) is 0 Å². The Morgan fingerprint density at radius 3 is 1.93 bits per heavy atom. The van der Waals surface area contributed by atoms with E-state index in [-0.39, 0.29) is 5.41 Å². The van der Waals surface area contributed by atoms with Gasteiger partial charge in [-0.15, -0.1) is 0 Å². The van der Waals surface area contributed by atoms with Crippen LogP contribution in [0.1, 0.15) is 64.2 Å². The van der Waals surface area contributed by atoms with Crippen molar-refractivity contribution in [1.82, 2.24) is 0 Å². The smallest absolute Gasteiger partial charge is 0.309 e. The zero-order chi connectivity index (χ0) is 10.7. The average molecular weight is 210 g/mol. The molecule has 2 fully saturated rings. The summed E-state index contributed by atoms with van der Waals surface area (Å²) in [5, 5.41) is 9.51. The molecule has 0 aromatic carbocycles. The van der Waals surface area contributed by atoms with Crippen molar-refractivity contribution in [2.75, 3.05) is 0 Å². The van der Waals surface area contributed by atoms with E-state index in [0.29, 0.717) is 5.92 Å². The second kappa shape index (κ2) is 4.54. The van der Waals surface area contributed by atoms with Crippen LogP contribution in [0, 0.1) is 11.3 Å². The molecule has 0 aromatic rings. The minimum atomic E-state index is -0.507. The van der Waals surface area contributed by atoms with Gasteiger partial charge in [0.05, 0.1) is 5.41 Å². The second-order valence-electron chi connectivity index (χ2n) is 5.36. The molecule has 0 amide bonds. The number of carboxylic acid groups (broad SMARTS) is 1. The summed E-state index contributed by atoms with van der Waals surface area (Å²) in [7, 11) is 0. The van der Waals surface area contributed by atoms with Gasteiger partial charge in [-0.05, 0) is 31.6 Å². The number of rotatable bonds is 2. The molecule has 2 heteroatoms. The molecule has 2 saturated carbocycles. The maximum Gasteiger partial charge on any atom is 0.309 e. The lowest BCUT2D eigenvalue weighted by molar-refractivity contribution is -0.152. The molecular weight excluding hydrogens is 188 g/mol. The summed E-state index contributed by atoms with van der Waals surface area (Å²) in [5.41, 5.74) is -0.329. The lowest BCUT2D eigenvalue weighted by atomic mass is 9.70. The number of hydrogen-bond donors (Lipinski definition) is 1.